The number of likely N-dealkylation sites (tertiary alicyclic amines) is 1. The van der Waals surface area contributed by atoms with E-state index in [1.54, 1.807) is 0 Å². The van der Waals surface area contributed by atoms with Gasteiger partial charge in [0.05, 0.1) is 0 Å². The molecular formula is C22H29N3O4. The molecule has 3 amide bonds. The van der Waals surface area contributed by atoms with E-state index in [2.05, 4.69) is 5.32 Å². The number of Topliss-reactive ketones (excluding diaryl/α,β-unsaturated/α-hetero) is 1. The molecule has 0 spiro atoms. The fraction of sp³-hybridized carbons (Fsp3) is 0.545. The maximum atomic E-state index is 13.3. The highest BCUT2D eigenvalue weighted by Crippen LogP contribution is 2.32. The van der Waals surface area contributed by atoms with E-state index in [-0.39, 0.29) is 29.9 Å². The molecule has 4 atom stereocenters. The summed E-state index contributed by atoms with van der Waals surface area (Å²) < 4.78 is 0. The minimum absolute atomic E-state index is 0.0140. The number of ketones is 1. The second-order valence-electron chi connectivity index (χ2n) is 8.06. The Morgan fingerprint density at radius 2 is 1.93 bits per heavy atom. The lowest BCUT2D eigenvalue weighted by Gasteiger charge is -2.29. The molecule has 1 saturated carbocycles. The van der Waals surface area contributed by atoms with Crippen molar-refractivity contribution in [1.82, 2.24) is 10.2 Å². The first-order valence-electron chi connectivity index (χ1n) is 10.4. The highest BCUT2D eigenvalue weighted by Gasteiger charge is 2.40. The Hall–Kier alpha value is -2.70. The van der Waals surface area contributed by atoms with Gasteiger partial charge in [0.2, 0.25) is 17.7 Å². The van der Waals surface area contributed by atoms with Crippen LogP contribution in [0.3, 0.4) is 0 Å². The van der Waals surface area contributed by atoms with Crippen molar-refractivity contribution < 1.29 is 19.2 Å². The van der Waals surface area contributed by atoms with Crippen LogP contribution in [0.25, 0.3) is 0 Å². The smallest absolute Gasteiger partial charge is 0.246 e. The molecule has 1 aliphatic heterocycles. The van der Waals surface area contributed by atoms with E-state index >= 15 is 0 Å². The molecular weight excluding hydrogens is 370 g/mol. The molecule has 1 aliphatic carbocycles. The summed E-state index contributed by atoms with van der Waals surface area (Å²) in [6.45, 7) is 2.42. The van der Waals surface area contributed by atoms with E-state index in [0.717, 1.165) is 12.0 Å². The lowest BCUT2D eigenvalue weighted by atomic mass is 9.92. The number of nitrogens with one attached hydrogen (secondary N) is 1. The van der Waals surface area contributed by atoms with E-state index in [9.17, 15) is 19.2 Å². The Bertz CT molecular complexity index is 780. The molecule has 0 unspecified atom stereocenters. The molecule has 0 aromatic heterocycles. The van der Waals surface area contributed by atoms with Crippen LogP contribution in [0.1, 0.15) is 44.6 Å². The summed E-state index contributed by atoms with van der Waals surface area (Å²) >= 11 is 0. The molecule has 2 aliphatic rings. The van der Waals surface area contributed by atoms with E-state index in [4.69, 9.17) is 5.73 Å². The topological polar surface area (TPSA) is 110 Å². The largest absolute Gasteiger partial charge is 0.368 e. The van der Waals surface area contributed by atoms with E-state index < -0.39 is 23.9 Å². The third-order valence-corrected chi connectivity index (χ3v) is 6.13. The first kappa shape index (κ1) is 21.0. The van der Waals surface area contributed by atoms with Crippen molar-refractivity contribution in [3.8, 4) is 0 Å². The average Bonchev–Trinajstić information content (AvgIpc) is 3.34. The first-order chi connectivity index (χ1) is 13.9. The molecule has 1 saturated heterocycles. The van der Waals surface area contributed by atoms with Crippen LogP contribution in [0.4, 0.5) is 0 Å². The summed E-state index contributed by atoms with van der Waals surface area (Å²) in [7, 11) is 0. The van der Waals surface area contributed by atoms with Crippen LogP contribution in [-0.2, 0) is 25.6 Å². The number of carbonyl (C=O) groups is 4. The zero-order valence-electron chi connectivity index (χ0n) is 16.8. The number of amides is 3. The maximum absolute atomic E-state index is 13.3. The maximum Gasteiger partial charge on any atom is 0.246 e. The fourth-order valence-electron chi connectivity index (χ4n) is 4.52. The van der Waals surface area contributed by atoms with Crippen molar-refractivity contribution in [2.75, 3.05) is 6.54 Å². The molecule has 2 fully saturated rings. The second kappa shape index (κ2) is 9.20. The van der Waals surface area contributed by atoms with Gasteiger partial charge in [0.25, 0.3) is 0 Å². The van der Waals surface area contributed by atoms with Crippen LogP contribution in [-0.4, -0.2) is 47.0 Å². The third-order valence-electron chi connectivity index (χ3n) is 6.13. The molecule has 1 aromatic rings. The molecule has 1 aromatic carbocycles. The molecule has 0 bridgehead atoms. The standard InChI is InChI=1S/C22H29N3O4/c1-2-15-12-16(26)13-17(15)21(28)24-18(11-14-7-4-3-5-8-14)22(29)25-10-6-9-19(25)20(23)27/h3-5,7-8,15,17-19H,2,6,9-13H2,1H3,(H2,23,27)(H,24,28)/t15-,17+,18-,19-/m0/s1. The predicted molar refractivity (Wildman–Crippen MR) is 108 cm³/mol. The number of nitrogens with zero attached hydrogens (tertiary/aromatic N) is 1. The normalized spacial score (nSPS) is 25.1. The van der Waals surface area contributed by atoms with E-state index in [1.807, 2.05) is 37.3 Å². The SMILES string of the molecule is CC[C@H]1CC(=O)C[C@H]1C(=O)N[C@@H](Cc1ccccc1)C(=O)N1CCC[C@H]1C(N)=O. The number of benzene rings is 1. The van der Waals surface area contributed by atoms with Gasteiger partial charge in [0, 0.05) is 31.7 Å². The summed E-state index contributed by atoms with van der Waals surface area (Å²) in [4.78, 5) is 51.3. The molecule has 29 heavy (non-hydrogen) atoms. The Morgan fingerprint density at radius 1 is 1.21 bits per heavy atom. The second-order valence-corrected chi connectivity index (χ2v) is 8.06. The summed E-state index contributed by atoms with van der Waals surface area (Å²) in [5.74, 6) is -1.36. The molecule has 7 heteroatoms. The quantitative estimate of drug-likeness (QED) is 0.718. The summed E-state index contributed by atoms with van der Waals surface area (Å²) in [5, 5.41) is 2.89. The van der Waals surface area contributed by atoms with Crippen LogP contribution in [0.15, 0.2) is 30.3 Å². The lowest BCUT2D eigenvalue weighted by Crippen LogP contribution is -2.54. The number of hydrogen-bond acceptors (Lipinski definition) is 4. The van der Waals surface area contributed by atoms with Crippen molar-refractivity contribution in [2.45, 2.75) is 57.5 Å². The molecule has 7 nitrogen and oxygen atoms in total. The van der Waals surface area contributed by atoms with E-state index in [1.165, 1.54) is 4.90 Å². The summed E-state index contributed by atoms with van der Waals surface area (Å²) in [6, 6.07) is 8.02. The van der Waals surface area contributed by atoms with Crippen molar-refractivity contribution in [3.05, 3.63) is 35.9 Å². The van der Waals surface area contributed by atoms with Crippen molar-refractivity contribution in [2.24, 2.45) is 17.6 Å². The average molecular weight is 399 g/mol. The summed E-state index contributed by atoms with van der Waals surface area (Å²) in [5.41, 5.74) is 6.39. The number of carbonyl (C=O) groups excluding carboxylic acids is 4. The Morgan fingerprint density at radius 3 is 2.59 bits per heavy atom. The van der Waals surface area contributed by atoms with Gasteiger partial charge < -0.3 is 16.0 Å². The minimum Gasteiger partial charge on any atom is -0.368 e. The van der Waals surface area contributed by atoms with Gasteiger partial charge in [-0.3, -0.25) is 19.2 Å². The predicted octanol–water partition coefficient (Wildman–Crippen LogP) is 1.20. The Kier molecular flexibility index (Phi) is 6.67. The number of primary amides is 1. The highest BCUT2D eigenvalue weighted by atomic mass is 16.2. The van der Waals surface area contributed by atoms with E-state index in [0.29, 0.717) is 32.2 Å². The van der Waals surface area contributed by atoms with Gasteiger partial charge >= 0.3 is 0 Å². The van der Waals surface area contributed by atoms with Crippen molar-refractivity contribution >= 4 is 23.5 Å². The van der Waals surface area contributed by atoms with Gasteiger partial charge in [-0.25, -0.2) is 0 Å². The van der Waals surface area contributed by atoms with Gasteiger partial charge in [-0.05, 0) is 24.3 Å². The van der Waals surface area contributed by atoms with Crippen LogP contribution >= 0.6 is 0 Å². The summed E-state index contributed by atoms with van der Waals surface area (Å²) in [6.07, 6.45) is 2.97. The number of hydrogen-bond donors (Lipinski definition) is 2. The molecule has 0 radical (unpaired) electrons. The fourth-order valence-corrected chi connectivity index (χ4v) is 4.52. The molecule has 3 rings (SSSR count). The molecule has 1 heterocycles. The lowest BCUT2D eigenvalue weighted by molar-refractivity contribution is -0.141. The zero-order chi connectivity index (χ0) is 21.0. The Balaban J connectivity index is 1.79. The van der Waals surface area contributed by atoms with Gasteiger partial charge in [-0.1, -0.05) is 43.7 Å². The first-order valence-corrected chi connectivity index (χ1v) is 10.4. The van der Waals surface area contributed by atoms with Crippen LogP contribution < -0.4 is 11.1 Å². The molecule has 156 valence electrons. The third kappa shape index (κ3) is 4.83. The van der Waals surface area contributed by atoms with Gasteiger partial charge in [-0.2, -0.15) is 0 Å². The van der Waals surface area contributed by atoms with Crippen molar-refractivity contribution in [3.63, 3.8) is 0 Å². The Labute approximate surface area is 171 Å². The van der Waals surface area contributed by atoms with Crippen LogP contribution in [0, 0.1) is 11.8 Å². The zero-order valence-corrected chi connectivity index (χ0v) is 16.8. The number of rotatable bonds is 7. The van der Waals surface area contributed by atoms with Crippen LogP contribution in [0.2, 0.25) is 0 Å². The van der Waals surface area contributed by atoms with Crippen LogP contribution in [0.5, 0.6) is 0 Å². The number of nitrogens with two attached hydrogens (primary N) is 1. The van der Waals surface area contributed by atoms with Gasteiger partial charge in [0.1, 0.15) is 17.9 Å². The molecule has 3 N–H and O–H groups in total. The monoisotopic (exact) mass is 399 g/mol. The van der Waals surface area contributed by atoms with Crippen molar-refractivity contribution in [1.29, 1.82) is 0 Å². The highest BCUT2D eigenvalue weighted by molar-refractivity contribution is 5.95. The van der Waals surface area contributed by atoms with Gasteiger partial charge in [-0.15, -0.1) is 0 Å². The van der Waals surface area contributed by atoms with Gasteiger partial charge in [0.15, 0.2) is 0 Å². The minimum atomic E-state index is -0.793.